The first-order valence-corrected chi connectivity index (χ1v) is 6.57. The summed E-state index contributed by atoms with van der Waals surface area (Å²) in [6, 6.07) is 7.01. The highest BCUT2D eigenvalue weighted by atomic mass is 16.5. The predicted octanol–water partition coefficient (Wildman–Crippen LogP) is 2.35. The standard InChI is InChI=1S/C15H19NO5/c1-4-12(13(14(17)18)15(19)20)16(5-2)10-6-8-11(21-3)9-7-10/h6-9H,4-5H2,1-3H3,(H,17,18)(H,19,20). The van der Waals surface area contributed by atoms with Gasteiger partial charge < -0.3 is 19.8 Å². The summed E-state index contributed by atoms with van der Waals surface area (Å²) in [5.74, 6) is -2.20. The SMILES string of the molecule is CCC(=C(C(=O)O)C(=O)O)N(CC)c1ccc(OC)cc1. The topological polar surface area (TPSA) is 87.1 Å². The molecule has 0 bridgehead atoms. The summed E-state index contributed by atoms with van der Waals surface area (Å²) in [5, 5.41) is 18.3. The lowest BCUT2D eigenvalue weighted by Gasteiger charge is -2.26. The zero-order chi connectivity index (χ0) is 16.0. The smallest absolute Gasteiger partial charge is 0.344 e. The second-order valence-corrected chi connectivity index (χ2v) is 4.23. The van der Waals surface area contributed by atoms with Gasteiger partial charge in [-0.05, 0) is 37.6 Å². The Labute approximate surface area is 123 Å². The van der Waals surface area contributed by atoms with Crippen molar-refractivity contribution in [2.45, 2.75) is 20.3 Å². The number of ether oxygens (including phenoxy) is 1. The summed E-state index contributed by atoms with van der Waals surface area (Å²) in [6.45, 7) is 4.02. The Morgan fingerprint density at radius 1 is 1.10 bits per heavy atom. The fourth-order valence-electron chi connectivity index (χ4n) is 2.13. The third-order valence-electron chi connectivity index (χ3n) is 3.08. The average molecular weight is 293 g/mol. The lowest BCUT2D eigenvalue weighted by molar-refractivity contribution is -0.140. The number of hydrogen-bond donors (Lipinski definition) is 2. The van der Waals surface area contributed by atoms with Crippen molar-refractivity contribution >= 4 is 17.6 Å². The zero-order valence-corrected chi connectivity index (χ0v) is 12.3. The molecule has 0 spiro atoms. The van der Waals surface area contributed by atoms with Crippen LogP contribution in [0.5, 0.6) is 5.75 Å². The number of carboxylic acid groups (broad SMARTS) is 2. The third-order valence-corrected chi connectivity index (χ3v) is 3.08. The average Bonchev–Trinajstić information content (AvgIpc) is 2.46. The van der Waals surface area contributed by atoms with Crippen molar-refractivity contribution in [2.24, 2.45) is 0 Å². The van der Waals surface area contributed by atoms with Crippen LogP contribution in [-0.4, -0.2) is 35.8 Å². The molecule has 0 saturated heterocycles. The highest BCUT2D eigenvalue weighted by Crippen LogP contribution is 2.25. The van der Waals surface area contributed by atoms with Gasteiger partial charge in [0.15, 0.2) is 5.57 Å². The highest BCUT2D eigenvalue weighted by Gasteiger charge is 2.25. The summed E-state index contributed by atoms with van der Waals surface area (Å²) < 4.78 is 5.07. The van der Waals surface area contributed by atoms with Gasteiger partial charge >= 0.3 is 11.9 Å². The lowest BCUT2D eigenvalue weighted by Crippen LogP contribution is -2.27. The minimum absolute atomic E-state index is 0.266. The zero-order valence-electron chi connectivity index (χ0n) is 12.3. The van der Waals surface area contributed by atoms with E-state index in [-0.39, 0.29) is 5.70 Å². The molecule has 0 aliphatic heterocycles. The summed E-state index contributed by atoms with van der Waals surface area (Å²) in [5.41, 5.74) is 0.382. The van der Waals surface area contributed by atoms with Crippen molar-refractivity contribution in [1.29, 1.82) is 0 Å². The summed E-state index contributed by atoms with van der Waals surface area (Å²) in [4.78, 5) is 24.1. The molecule has 0 aromatic heterocycles. The summed E-state index contributed by atoms with van der Waals surface area (Å²) in [6.07, 6.45) is 0.299. The van der Waals surface area contributed by atoms with E-state index in [1.54, 1.807) is 43.2 Å². The van der Waals surface area contributed by atoms with Gasteiger partial charge in [-0.15, -0.1) is 0 Å². The molecule has 6 heteroatoms. The van der Waals surface area contributed by atoms with Crippen molar-refractivity contribution in [3.8, 4) is 5.75 Å². The van der Waals surface area contributed by atoms with Gasteiger partial charge in [-0.2, -0.15) is 0 Å². The Hall–Kier alpha value is -2.50. The number of nitrogens with zero attached hydrogens (tertiary/aromatic N) is 1. The Morgan fingerprint density at radius 2 is 1.62 bits per heavy atom. The van der Waals surface area contributed by atoms with E-state index >= 15 is 0 Å². The fourth-order valence-corrected chi connectivity index (χ4v) is 2.13. The van der Waals surface area contributed by atoms with E-state index in [4.69, 9.17) is 14.9 Å². The molecule has 0 fully saturated rings. The van der Waals surface area contributed by atoms with Crippen molar-refractivity contribution < 1.29 is 24.5 Å². The molecule has 1 aromatic carbocycles. The molecule has 0 heterocycles. The van der Waals surface area contributed by atoms with Gasteiger partial charge in [0.25, 0.3) is 0 Å². The number of allylic oxidation sites excluding steroid dienone is 1. The largest absolute Gasteiger partial charge is 0.497 e. The van der Waals surface area contributed by atoms with Crippen LogP contribution >= 0.6 is 0 Å². The van der Waals surface area contributed by atoms with Gasteiger partial charge in [0.2, 0.25) is 0 Å². The van der Waals surface area contributed by atoms with Crippen LogP contribution in [0.2, 0.25) is 0 Å². The minimum Gasteiger partial charge on any atom is -0.497 e. The maximum atomic E-state index is 11.2. The first-order chi connectivity index (χ1) is 9.96. The molecule has 0 aliphatic carbocycles. The summed E-state index contributed by atoms with van der Waals surface area (Å²) >= 11 is 0. The van der Waals surface area contributed by atoms with E-state index in [1.165, 1.54) is 0 Å². The number of benzene rings is 1. The van der Waals surface area contributed by atoms with Crippen LogP contribution in [0.15, 0.2) is 35.5 Å². The molecule has 0 radical (unpaired) electrons. The first-order valence-electron chi connectivity index (χ1n) is 6.57. The van der Waals surface area contributed by atoms with Crippen LogP contribution in [0.3, 0.4) is 0 Å². The molecule has 0 aliphatic rings. The Kier molecular flexibility index (Phi) is 5.78. The molecule has 0 unspecified atom stereocenters. The normalized spacial score (nSPS) is 9.86. The van der Waals surface area contributed by atoms with E-state index in [2.05, 4.69) is 0 Å². The van der Waals surface area contributed by atoms with Gasteiger partial charge in [-0.1, -0.05) is 6.92 Å². The minimum atomic E-state index is -1.44. The van der Waals surface area contributed by atoms with Gasteiger partial charge in [0.1, 0.15) is 5.75 Å². The Bertz CT molecular complexity index is 532. The van der Waals surface area contributed by atoms with Crippen LogP contribution < -0.4 is 9.64 Å². The van der Waals surface area contributed by atoms with Gasteiger partial charge in [0.05, 0.1) is 7.11 Å². The second-order valence-electron chi connectivity index (χ2n) is 4.23. The number of rotatable bonds is 7. The van der Waals surface area contributed by atoms with Crippen molar-refractivity contribution in [2.75, 3.05) is 18.6 Å². The molecule has 114 valence electrons. The quantitative estimate of drug-likeness (QED) is 0.456. The molecular weight excluding hydrogens is 274 g/mol. The van der Waals surface area contributed by atoms with Crippen molar-refractivity contribution in [3.63, 3.8) is 0 Å². The van der Waals surface area contributed by atoms with E-state index in [0.29, 0.717) is 18.7 Å². The number of aliphatic carboxylic acids is 2. The molecule has 1 aromatic rings. The second kappa shape index (κ2) is 7.33. The maximum absolute atomic E-state index is 11.2. The van der Waals surface area contributed by atoms with Crippen LogP contribution in [0.25, 0.3) is 0 Å². The third kappa shape index (κ3) is 3.75. The monoisotopic (exact) mass is 293 g/mol. The van der Waals surface area contributed by atoms with Crippen LogP contribution in [0, 0.1) is 0 Å². The number of carbonyl (C=O) groups is 2. The highest BCUT2D eigenvalue weighted by molar-refractivity contribution is 6.13. The molecular formula is C15H19NO5. The number of carboxylic acids is 2. The maximum Gasteiger partial charge on any atom is 0.344 e. The van der Waals surface area contributed by atoms with Gasteiger partial charge in [0, 0.05) is 17.9 Å². The molecule has 21 heavy (non-hydrogen) atoms. The van der Waals surface area contributed by atoms with Crippen molar-refractivity contribution in [3.05, 3.63) is 35.5 Å². The lowest BCUT2D eigenvalue weighted by atomic mass is 10.1. The molecule has 0 atom stereocenters. The predicted molar refractivity (Wildman–Crippen MR) is 78.6 cm³/mol. The van der Waals surface area contributed by atoms with Crippen LogP contribution in [-0.2, 0) is 9.59 Å². The molecule has 2 N–H and O–H groups in total. The van der Waals surface area contributed by atoms with E-state index in [9.17, 15) is 9.59 Å². The number of hydrogen-bond acceptors (Lipinski definition) is 4. The number of anilines is 1. The van der Waals surface area contributed by atoms with E-state index in [1.807, 2.05) is 6.92 Å². The first kappa shape index (κ1) is 16.6. The Balaban J connectivity index is 3.35. The van der Waals surface area contributed by atoms with E-state index in [0.717, 1.165) is 5.69 Å². The Morgan fingerprint density at radius 3 is 1.95 bits per heavy atom. The van der Waals surface area contributed by atoms with E-state index < -0.39 is 17.5 Å². The van der Waals surface area contributed by atoms with Crippen molar-refractivity contribution in [1.82, 2.24) is 0 Å². The number of methoxy groups -OCH3 is 1. The fraction of sp³-hybridized carbons (Fsp3) is 0.333. The van der Waals surface area contributed by atoms with Gasteiger partial charge in [-0.3, -0.25) is 0 Å². The molecule has 0 amide bonds. The molecule has 1 rings (SSSR count). The van der Waals surface area contributed by atoms with Crippen LogP contribution in [0.1, 0.15) is 20.3 Å². The summed E-state index contributed by atoms with van der Waals surface area (Å²) in [7, 11) is 1.55. The van der Waals surface area contributed by atoms with Crippen LogP contribution in [0.4, 0.5) is 5.69 Å². The molecule has 6 nitrogen and oxygen atoms in total. The molecule has 0 saturated carbocycles. The van der Waals surface area contributed by atoms with Gasteiger partial charge in [-0.25, -0.2) is 9.59 Å².